The molecule has 1 fully saturated rings. The molecule has 11 nitrogen and oxygen atoms in total. The Bertz CT molecular complexity index is 1110. The van der Waals surface area contributed by atoms with Crippen molar-refractivity contribution in [3.8, 4) is 28.7 Å². The second-order valence-corrected chi connectivity index (χ2v) is 8.21. The van der Waals surface area contributed by atoms with Crippen LogP contribution in [0.5, 0.6) is 28.7 Å². The van der Waals surface area contributed by atoms with E-state index in [0.29, 0.717) is 28.6 Å². The summed E-state index contributed by atoms with van der Waals surface area (Å²) in [7, 11) is 3.07. The average Bonchev–Trinajstić information content (AvgIpc) is 3.34. The van der Waals surface area contributed by atoms with Crippen LogP contribution in [0.4, 0.5) is 0 Å². The molecule has 4 N–H and O–H groups in total. The molecule has 188 valence electrons. The maximum Gasteiger partial charge on any atom is 0.231 e. The summed E-state index contributed by atoms with van der Waals surface area (Å²) in [5, 5.41) is 39.6. The Hall–Kier alpha value is -3.06. The molecule has 2 aromatic rings. The molecule has 0 bridgehead atoms. The molecule has 0 radical (unpaired) electrons. The third kappa shape index (κ3) is 4.27. The monoisotopic (exact) mass is 490 g/mol. The first-order valence-corrected chi connectivity index (χ1v) is 10.9. The number of benzene rings is 2. The van der Waals surface area contributed by atoms with E-state index in [4.69, 9.17) is 33.2 Å². The van der Waals surface area contributed by atoms with Gasteiger partial charge in [0, 0.05) is 35.9 Å². The molecule has 0 saturated carbocycles. The lowest BCUT2D eigenvalue weighted by Gasteiger charge is -2.39. The quantitative estimate of drug-likeness (QED) is 0.449. The molecule has 1 saturated heterocycles. The zero-order valence-electron chi connectivity index (χ0n) is 19.0. The number of hydrogen-bond acceptors (Lipinski definition) is 11. The predicted octanol–water partition coefficient (Wildman–Crippen LogP) is 0.508. The van der Waals surface area contributed by atoms with Crippen molar-refractivity contribution in [2.45, 2.75) is 37.0 Å². The summed E-state index contributed by atoms with van der Waals surface area (Å²) in [5.41, 5.74) is 2.16. The summed E-state index contributed by atoms with van der Waals surface area (Å²) in [6.45, 7) is -0.421. The Balaban J connectivity index is 1.43. The molecule has 0 aromatic heterocycles. The minimum atomic E-state index is -1.54. The van der Waals surface area contributed by atoms with Crippen molar-refractivity contribution in [1.29, 1.82) is 0 Å². The van der Waals surface area contributed by atoms with Crippen molar-refractivity contribution in [3.63, 3.8) is 0 Å². The molecule has 0 amide bonds. The topological polar surface area (TPSA) is 146 Å². The van der Waals surface area contributed by atoms with Crippen LogP contribution in [0.25, 0.3) is 11.6 Å². The second kappa shape index (κ2) is 9.53. The summed E-state index contributed by atoms with van der Waals surface area (Å²) in [6.07, 6.45) is -5.81. The van der Waals surface area contributed by atoms with Crippen LogP contribution in [0, 0.1) is 0 Å². The minimum Gasteiger partial charge on any atom is -0.496 e. The lowest BCUT2D eigenvalue weighted by molar-refractivity contribution is -0.277. The van der Waals surface area contributed by atoms with E-state index in [1.54, 1.807) is 31.4 Å². The Morgan fingerprint density at radius 3 is 2.43 bits per heavy atom. The lowest BCUT2D eigenvalue weighted by Crippen LogP contribution is -2.60. The standard InChI is InChI=1S/C24H26O11/c1-29-16-8-18-17(31-10-32-18)7-13(16)14-5-11-3-4-12(6-15(11)34-23(14)30-2)33-24-22(28)21(27)20(26)19(9-25)35-24/h3-8,19-28H,9-10H2,1-2H3/t19-,20-,21+,22-,23?,24-/m1/s1. The van der Waals surface area contributed by atoms with Crippen LogP contribution in [0.15, 0.2) is 30.3 Å². The van der Waals surface area contributed by atoms with Crippen molar-refractivity contribution >= 4 is 11.6 Å². The molecule has 0 spiro atoms. The van der Waals surface area contributed by atoms with E-state index in [-0.39, 0.29) is 12.5 Å². The number of rotatable bonds is 6. The van der Waals surface area contributed by atoms with E-state index < -0.39 is 43.6 Å². The summed E-state index contributed by atoms with van der Waals surface area (Å²) in [6, 6.07) is 8.54. The maximum absolute atomic E-state index is 10.2. The highest BCUT2D eigenvalue weighted by atomic mass is 16.7. The van der Waals surface area contributed by atoms with Crippen LogP contribution in [-0.2, 0) is 9.47 Å². The normalized spacial score (nSPS) is 29.1. The number of ether oxygens (including phenoxy) is 7. The Morgan fingerprint density at radius 1 is 0.943 bits per heavy atom. The van der Waals surface area contributed by atoms with E-state index in [2.05, 4.69) is 0 Å². The van der Waals surface area contributed by atoms with Gasteiger partial charge in [0.1, 0.15) is 41.7 Å². The first-order valence-electron chi connectivity index (χ1n) is 10.9. The summed E-state index contributed by atoms with van der Waals surface area (Å²) >= 11 is 0. The average molecular weight is 490 g/mol. The van der Waals surface area contributed by atoms with Crippen LogP contribution in [-0.4, -0.2) is 85.0 Å². The molecular formula is C24H26O11. The van der Waals surface area contributed by atoms with Crippen molar-refractivity contribution in [3.05, 3.63) is 41.5 Å². The highest BCUT2D eigenvalue weighted by molar-refractivity contribution is 5.89. The second-order valence-electron chi connectivity index (χ2n) is 8.21. The first-order chi connectivity index (χ1) is 16.9. The van der Waals surface area contributed by atoms with Crippen molar-refractivity contribution in [2.75, 3.05) is 27.6 Å². The van der Waals surface area contributed by atoms with Gasteiger partial charge in [-0.2, -0.15) is 0 Å². The molecule has 35 heavy (non-hydrogen) atoms. The van der Waals surface area contributed by atoms with Gasteiger partial charge >= 0.3 is 0 Å². The smallest absolute Gasteiger partial charge is 0.231 e. The van der Waals surface area contributed by atoms with Gasteiger partial charge in [0.05, 0.1) is 13.7 Å². The van der Waals surface area contributed by atoms with Gasteiger partial charge in [0.25, 0.3) is 0 Å². The third-order valence-corrected chi connectivity index (χ3v) is 6.10. The van der Waals surface area contributed by atoms with E-state index in [1.165, 1.54) is 7.11 Å². The summed E-state index contributed by atoms with van der Waals surface area (Å²) < 4.78 is 39.3. The SMILES string of the molecule is COc1cc2c(cc1C1=Cc3ccc(O[C@@H]4O[C@H](CO)[C@@H](O)[C@H](O)[C@H]4O)cc3OC1OC)OCO2. The number of methoxy groups -OCH3 is 2. The zero-order valence-corrected chi connectivity index (χ0v) is 19.0. The fourth-order valence-electron chi connectivity index (χ4n) is 4.22. The van der Waals surface area contributed by atoms with Crippen LogP contribution in [0.2, 0.25) is 0 Å². The van der Waals surface area contributed by atoms with E-state index >= 15 is 0 Å². The number of aliphatic hydroxyl groups excluding tert-OH is 4. The van der Waals surface area contributed by atoms with Gasteiger partial charge < -0.3 is 53.6 Å². The Kier molecular flexibility index (Phi) is 6.45. The maximum atomic E-state index is 10.2. The molecule has 3 aliphatic rings. The largest absolute Gasteiger partial charge is 0.496 e. The molecule has 5 rings (SSSR count). The Labute approximate surface area is 200 Å². The van der Waals surface area contributed by atoms with Crippen LogP contribution in [0.3, 0.4) is 0 Å². The van der Waals surface area contributed by atoms with Crippen molar-refractivity contribution in [1.82, 2.24) is 0 Å². The van der Waals surface area contributed by atoms with Gasteiger partial charge in [-0.3, -0.25) is 0 Å². The van der Waals surface area contributed by atoms with Crippen LogP contribution >= 0.6 is 0 Å². The molecule has 0 aliphatic carbocycles. The van der Waals surface area contributed by atoms with Gasteiger partial charge in [0.15, 0.2) is 11.5 Å². The number of aliphatic hydroxyl groups is 4. The first kappa shape index (κ1) is 23.7. The van der Waals surface area contributed by atoms with Crippen molar-refractivity contribution < 1.29 is 53.6 Å². The molecule has 11 heteroatoms. The van der Waals surface area contributed by atoms with Gasteiger partial charge in [-0.1, -0.05) is 0 Å². The molecule has 3 heterocycles. The fraction of sp³-hybridized carbons (Fsp3) is 0.417. The fourth-order valence-corrected chi connectivity index (χ4v) is 4.22. The predicted molar refractivity (Wildman–Crippen MR) is 119 cm³/mol. The molecular weight excluding hydrogens is 464 g/mol. The van der Waals surface area contributed by atoms with Gasteiger partial charge in [-0.15, -0.1) is 0 Å². The molecule has 2 aromatic carbocycles. The van der Waals surface area contributed by atoms with E-state index in [1.807, 2.05) is 12.1 Å². The van der Waals surface area contributed by atoms with Gasteiger partial charge in [-0.25, -0.2) is 0 Å². The Morgan fingerprint density at radius 2 is 1.71 bits per heavy atom. The summed E-state index contributed by atoms with van der Waals surface area (Å²) in [4.78, 5) is 0. The van der Waals surface area contributed by atoms with Crippen molar-refractivity contribution in [2.24, 2.45) is 0 Å². The van der Waals surface area contributed by atoms with E-state index in [0.717, 1.165) is 11.1 Å². The number of fused-ring (bicyclic) bond motifs is 2. The zero-order chi connectivity index (χ0) is 24.7. The molecule has 3 aliphatic heterocycles. The summed E-state index contributed by atoms with van der Waals surface area (Å²) in [5.74, 6) is 2.47. The van der Waals surface area contributed by atoms with E-state index in [9.17, 15) is 20.4 Å². The highest BCUT2D eigenvalue weighted by Crippen LogP contribution is 2.45. The number of hydrogen-bond donors (Lipinski definition) is 4. The van der Waals surface area contributed by atoms with Gasteiger partial charge in [0.2, 0.25) is 19.4 Å². The van der Waals surface area contributed by atoms with Gasteiger partial charge in [-0.05, 0) is 24.3 Å². The highest BCUT2D eigenvalue weighted by Gasteiger charge is 2.44. The lowest BCUT2D eigenvalue weighted by atomic mass is 9.98. The molecule has 6 atom stereocenters. The minimum absolute atomic E-state index is 0.130. The van der Waals surface area contributed by atoms with Crippen LogP contribution < -0.4 is 23.7 Å². The molecule has 1 unspecified atom stereocenters. The van der Waals surface area contributed by atoms with Crippen LogP contribution in [0.1, 0.15) is 11.1 Å². The third-order valence-electron chi connectivity index (χ3n) is 6.10.